The SMILES string of the molecule is COC(C=O)(OC)C1=C(NC(=O)OCc2ccccc2)CCC(c2cccs2)=N1. The van der Waals surface area contributed by atoms with Crippen molar-refractivity contribution in [3.8, 4) is 0 Å². The quantitative estimate of drug-likeness (QED) is 0.526. The Labute approximate surface area is 173 Å². The summed E-state index contributed by atoms with van der Waals surface area (Å²) >= 11 is 1.55. The van der Waals surface area contributed by atoms with Crippen LogP contribution in [0.1, 0.15) is 23.3 Å². The number of allylic oxidation sites excluding steroid dienone is 1. The lowest BCUT2D eigenvalue weighted by atomic mass is 10.0. The van der Waals surface area contributed by atoms with Gasteiger partial charge in [0.05, 0.1) is 5.71 Å². The molecule has 7 nitrogen and oxygen atoms in total. The van der Waals surface area contributed by atoms with E-state index >= 15 is 0 Å². The van der Waals surface area contributed by atoms with Crippen LogP contribution in [-0.2, 0) is 25.6 Å². The number of carbonyl (C=O) groups is 2. The molecule has 2 heterocycles. The molecule has 152 valence electrons. The molecule has 1 aromatic heterocycles. The van der Waals surface area contributed by atoms with Gasteiger partial charge in [-0.2, -0.15) is 0 Å². The molecule has 0 saturated carbocycles. The smallest absolute Gasteiger partial charge is 0.411 e. The number of rotatable bonds is 8. The average molecular weight is 414 g/mol. The predicted octanol–water partition coefficient (Wildman–Crippen LogP) is 3.66. The minimum atomic E-state index is -1.72. The zero-order chi connectivity index (χ0) is 20.7. The van der Waals surface area contributed by atoms with Gasteiger partial charge in [-0.25, -0.2) is 9.79 Å². The first kappa shape index (κ1) is 20.9. The molecule has 0 atom stereocenters. The normalized spacial score (nSPS) is 14.3. The number of hydrogen-bond donors (Lipinski definition) is 1. The first-order valence-electron chi connectivity index (χ1n) is 9.01. The third-order valence-electron chi connectivity index (χ3n) is 4.51. The zero-order valence-corrected chi connectivity index (χ0v) is 17.0. The van der Waals surface area contributed by atoms with Crippen molar-refractivity contribution in [3.63, 3.8) is 0 Å². The van der Waals surface area contributed by atoms with E-state index in [2.05, 4.69) is 10.3 Å². The Morgan fingerprint density at radius 2 is 1.93 bits per heavy atom. The van der Waals surface area contributed by atoms with Gasteiger partial charge in [-0.3, -0.25) is 10.1 Å². The lowest BCUT2D eigenvalue weighted by Gasteiger charge is -2.30. The van der Waals surface area contributed by atoms with Crippen molar-refractivity contribution < 1.29 is 23.8 Å². The number of benzene rings is 1. The fourth-order valence-corrected chi connectivity index (χ4v) is 3.71. The Hall–Kier alpha value is -2.81. The van der Waals surface area contributed by atoms with E-state index in [1.165, 1.54) is 14.2 Å². The maximum Gasteiger partial charge on any atom is 0.411 e. The number of alkyl carbamates (subject to hydrolysis) is 1. The molecule has 1 N–H and O–H groups in total. The molecule has 0 unspecified atom stereocenters. The van der Waals surface area contributed by atoms with Gasteiger partial charge >= 0.3 is 6.09 Å². The van der Waals surface area contributed by atoms with Crippen molar-refractivity contribution in [3.05, 3.63) is 69.7 Å². The highest BCUT2D eigenvalue weighted by molar-refractivity contribution is 7.12. The highest BCUT2D eigenvalue weighted by atomic mass is 32.1. The van der Waals surface area contributed by atoms with Crippen molar-refractivity contribution in [2.75, 3.05) is 14.2 Å². The summed E-state index contributed by atoms with van der Waals surface area (Å²) in [5.74, 6) is -1.72. The Kier molecular flexibility index (Phi) is 6.92. The van der Waals surface area contributed by atoms with Crippen LogP contribution in [0.5, 0.6) is 0 Å². The van der Waals surface area contributed by atoms with E-state index in [1.54, 1.807) is 11.3 Å². The topological polar surface area (TPSA) is 86.2 Å². The van der Waals surface area contributed by atoms with Crippen LogP contribution in [0.4, 0.5) is 4.79 Å². The van der Waals surface area contributed by atoms with Crippen LogP contribution in [0.3, 0.4) is 0 Å². The van der Waals surface area contributed by atoms with Gasteiger partial charge in [0.2, 0.25) is 0 Å². The number of hydrogen-bond acceptors (Lipinski definition) is 7. The summed E-state index contributed by atoms with van der Waals surface area (Å²) in [6.07, 6.45) is 0.943. The maximum absolute atomic E-state index is 12.3. The van der Waals surface area contributed by atoms with Crippen molar-refractivity contribution >= 4 is 29.4 Å². The predicted molar refractivity (Wildman–Crippen MR) is 110 cm³/mol. The van der Waals surface area contributed by atoms with Crippen molar-refractivity contribution in [2.45, 2.75) is 25.2 Å². The molecule has 3 rings (SSSR count). The van der Waals surface area contributed by atoms with Crippen LogP contribution >= 0.6 is 11.3 Å². The molecule has 1 aromatic carbocycles. The van der Waals surface area contributed by atoms with E-state index in [0.29, 0.717) is 24.8 Å². The fourth-order valence-electron chi connectivity index (χ4n) is 2.96. The van der Waals surface area contributed by atoms with Gasteiger partial charge in [0.1, 0.15) is 12.3 Å². The summed E-state index contributed by atoms with van der Waals surface area (Å²) in [6, 6.07) is 13.2. The highest BCUT2D eigenvalue weighted by Crippen LogP contribution is 2.31. The van der Waals surface area contributed by atoms with Gasteiger partial charge in [-0.15, -0.1) is 11.3 Å². The first-order chi connectivity index (χ1) is 14.1. The molecule has 0 radical (unpaired) electrons. The molecule has 1 aliphatic heterocycles. The van der Waals surface area contributed by atoms with Gasteiger partial charge in [-0.1, -0.05) is 36.4 Å². The Morgan fingerprint density at radius 1 is 1.17 bits per heavy atom. The monoisotopic (exact) mass is 414 g/mol. The van der Waals surface area contributed by atoms with Crippen LogP contribution in [0.2, 0.25) is 0 Å². The molecule has 1 amide bonds. The zero-order valence-electron chi connectivity index (χ0n) is 16.2. The number of aldehydes is 1. The molecule has 0 bridgehead atoms. The molecular weight excluding hydrogens is 392 g/mol. The van der Waals surface area contributed by atoms with E-state index in [4.69, 9.17) is 14.2 Å². The lowest BCUT2D eigenvalue weighted by Crippen LogP contribution is -2.41. The number of methoxy groups -OCH3 is 2. The molecule has 0 fully saturated rings. The molecule has 8 heteroatoms. The Balaban J connectivity index is 1.86. The minimum Gasteiger partial charge on any atom is -0.444 e. The maximum atomic E-state index is 12.3. The van der Waals surface area contributed by atoms with Crippen molar-refractivity contribution in [2.24, 2.45) is 4.99 Å². The second-order valence-corrected chi connectivity index (χ2v) is 7.19. The van der Waals surface area contributed by atoms with Gasteiger partial charge in [0.25, 0.3) is 5.79 Å². The molecule has 2 aromatic rings. The number of carbonyl (C=O) groups excluding carboxylic acids is 2. The number of aliphatic imine (C=N–C) groups is 1. The third-order valence-corrected chi connectivity index (χ3v) is 5.43. The Morgan fingerprint density at radius 3 is 2.55 bits per heavy atom. The van der Waals surface area contributed by atoms with Crippen LogP contribution < -0.4 is 5.32 Å². The number of nitrogens with zero attached hydrogens (tertiary/aromatic N) is 1. The standard InChI is InChI=1S/C21H22N2O5S/c1-26-21(14-24,27-2)19-17(11-10-16(22-19)18-9-6-12-29-18)23-20(25)28-13-15-7-4-3-5-8-15/h3-9,12,14H,10-11,13H2,1-2H3,(H,23,25). The highest BCUT2D eigenvalue weighted by Gasteiger charge is 2.39. The summed E-state index contributed by atoms with van der Waals surface area (Å²) in [6.45, 7) is 0.131. The van der Waals surface area contributed by atoms with E-state index in [0.717, 1.165) is 16.2 Å². The number of thiophene rings is 1. The fraction of sp³-hybridized carbons (Fsp3) is 0.286. The summed E-state index contributed by atoms with van der Waals surface area (Å²) in [4.78, 5) is 29.8. The van der Waals surface area contributed by atoms with Crippen LogP contribution in [-0.4, -0.2) is 38.1 Å². The van der Waals surface area contributed by atoms with E-state index in [1.807, 2.05) is 47.8 Å². The second kappa shape index (κ2) is 9.60. The Bertz CT molecular complexity index is 902. The number of nitrogens with one attached hydrogen (secondary N) is 1. The molecule has 29 heavy (non-hydrogen) atoms. The summed E-state index contributed by atoms with van der Waals surface area (Å²) in [5, 5.41) is 4.66. The van der Waals surface area contributed by atoms with Crippen molar-refractivity contribution in [1.82, 2.24) is 5.32 Å². The third kappa shape index (κ3) is 4.79. The van der Waals surface area contributed by atoms with Crippen LogP contribution in [0, 0.1) is 0 Å². The van der Waals surface area contributed by atoms with Crippen molar-refractivity contribution in [1.29, 1.82) is 0 Å². The van der Waals surface area contributed by atoms with Gasteiger partial charge in [0, 0.05) is 24.8 Å². The van der Waals surface area contributed by atoms with E-state index < -0.39 is 11.9 Å². The van der Waals surface area contributed by atoms with Gasteiger partial charge in [-0.05, 0) is 29.9 Å². The summed E-state index contributed by atoms with van der Waals surface area (Å²) in [5.41, 5.74) is 2.32. The second-order valence-electron chi connectivity index (χ2n) is 6.24. The molecular formula is C21H22N2O5S. The number of amides is 1. The van der Waals surface area contributed by atoms with Crippen LogP contribution in [0.25, 0.3) is 0 Å². The molecule has 0 aliphatic carbocycles. The van der Waals surface area contributed by atoms with Gasteiger partial charge < -0.3 is 14.2 Å². The minimum absolute atomic E-state index is 0.131. The van der Waals surface area contributed by atoms with E-state index in [-0.39, 0.29) is 12.3 Å². The number of ether oxygens (including phenoxy) is 3. The first-order valence-corrected chi connectivity index (χ1v) is 9.89. The van der Waals surface area contributed by atoms with Gasteiger partial charge in [0.15, 0.2) is 6.29 Å². The average Bonchev–Trinajstić information content (AvgIpc) is 3.30. The van der Waals surface area contributed by atoms with E-state index in [9.17, 15) is 9.59 Å². The largest absolute Gasteiger partial charge is 0.444 e. The summed E-state index contributed by atoms with van der Waals surface area (Å²) in [7, 11) is 2.70. The molecule has 1 aliphatic rings. The molecule has 0 saturated heterocycles. The summed E-state index contributed by atoms with van der Waals surface area (Å²) < 4.78 is 16.0. The lowest BCUT2D eigenvalue weighted by molar-refractivity contribution is -0.178. The van der Waals surface area contributed by atoms with Crippen LogP contribution in [0.15, 0.2) is 64.2 Å². The molecule has 0 spiro atoms.